The van der Waals surface area contributed by atoms with Crippen molar-refractivity contribution >= 4 is 62.4 Å². The highest BCUT2D eigenvalue weighted by Gasteiger charge is 2.32. The molecule has 2 atom stereocenters. The Balaban J connectivity index is 1.00. The van der Waals surface area contributed by atoms with E-state index in [0.717, 1.165) is 88.0 Å². The van der Waals surface area contributed by atoms with Crippen molar-refractivity contribution in [2.75, 3.05) is 6.61 Å². The Morgan fingerprint density at radius 1 is 0.542 bits per heavy atom. The molecule has 2 aliphatic rings. The molecule has 10 rings (SSSR count). The number of fused-ring (bicyclic) bond motifs is 5. The molecule has 2 unspecified atom stereocenters. The Morgan fingerprint density at radius 3 is 1.86 bits per heavy atom. The van der Waals surface area contributed by atoms with Crippen molar-refractivity contribution in [3.05, 3.63) is 203 Å². The van der Waals surface area contributed by atoms with Crippen molar-refractivity contribution in [1.29, 1.82) is 0 Å². The van der Waals surface area contributed by atoms with Crippen molar-refractivity contribution in [3.63, 3.8) is 0 Å². The first-order valence-corrected chi connectivity index (χ1v) is 19.5. The summed E-state index contributed by atoms with van der Waals surface area (Å²) >= 11 is 0. The second-order valence-electron chi connectivity index (χ2n) is 15.0. The molecule has 0 radical (unpaired) electrons. The molecule has 0 N–H and O–H groups in total. The number of carbonyl (C=O) groups excluding carboxylic acids is 3. The molecule has 0 saturated carbocycles. The van der Waals surface area contributed by atoms with Gasteiger partial charge in [-0.25, -0.2) is 14.4 Å². The number of hydrogen-bond donors (Lipinski definition) is 0. The first kappa shape index (κ1) is 35.8. The number of hydrogen-bond acceptors (Lipinski definition) is 6. The summed E-state index contributed by atoms with van der Waals surface area (Å²) in [7, 11) is 0. The Kier molecular flexibility index (Phi) is 8.76. The largest absolute Gasteiger partial charge is 0.450 e. The molecule has 0 fully saturated rings. The van der Waals surface area contributed by atoms with Gasteiger partial charge < -0.3 is 14.2 Å². The van der Waals surface area contributed by atoms with Crippen molar-refractivity contribution in [1.82, 2.24) is 0 Å². The molecule has 284 valence electrons. The van der Waals surface area contributed by atoms with E-state index in [-0.39, 0.29) is 11.5 Å². The maximum Gasteiger partial charge on any atom is 0.345 e. The lowest BCUT2D eigenvalue weighted by Crippen LogP contribution is -2.21. The van der Waals surface area contributed by atoms with Gasteiger partial charge in [-0.2, -0.15) is 0 Å². The van der Waals surface area contributed by atoms with Crippen LogP contribution in [0.2, 0.25) is 0 Å². The molecule has 6 nitrogen and oxygen atoms in total. The van der Waals surface area contributed by atoms with E-state index in [1.54, 1.807) is 0 Å². The summed E-state index contributed by atoms with van der Waals surface area (Å²) in [5, 5.41) is 5.93. The molecular formula is C53H36O6. The summed E-state index contributed by atoms with van der Waals surface area (Å²) in [6, 6.07) is 50.5. The van der Waals surface area contributed by atoms with E-state index in [1.807, 2.05) is 103 Å². The van der Waals surface area contributed by atoms with Gasteiger partial charge >= 0.3 is 17.9 Å². The zero-order chi connectivity index (χ0) is 40.2. The molecule has 0 aliphatic heterocycles. The van der Waals surface area contributed by atoms with Gasteiger partial charge in [-0.1, -0.05) is 164 Å². The quantitative estimate of drug-likeness (QED) is 0.0663. The number of rotatable bonds is 8. The van der Waals surface area contributed by atoms with E-state index in [0.29, 0.717) is 5.56 Å². The number of esters is 3. The van der Waals surface area contributed by atoms with Crippen LogP contribution in [-0.2, 0) is 23.8 Å². The summed E-state index contributed by atoms with van der Waals surface area (Å²) in [5.74, 6) is -1.69. The maximum absolute atomic E-state index is 14.3. The summed E-state index contributed by atoms with van der Waals surface area (Å²) in [5.41, 5.74) is 10.4. The lowest BCUT2D eigenvalue weighted by atomic mass is 9.79. The average molecular weight is 769 g/mol. The molecule has 6 heteroatoms. The van der Waals surface area contributed by atoms with Crippen LogP contribution < -0.4 is 0 Å². The molecule has 2 aliphatic carbocycles. The predicted octanol–water partition coefficient (Wildman–Crippen LogP) is 12.0. The molecule has 0 saturated heterocycles. The highest BCUT2D eigenvalue weighted by atomic mass is 16.6. The molecule has 0 amide bonds. The van der Waals surface area contributed by atoms with E-state index >= 15 is 0 Å². The SMILES string of the molecule is C=C(C)C(=O)OCC(=O)OC1c2ccccc2-c2c(/C=C/c3ccc(C(=O)OC4c5ccccc5-c5cccc6cccc4c56)c4ccccc34)ccc3cccc1c23. The minimum absolute atomic E-state index is 0.206. The molecule has 0 heterocycles. The summed E-state index contributed by atoms with van der Waals surface area (Å²) in [6.45, 7) is 4.60. The molecule has 0 bridgehead atoms. The van der Waals surface area contributed by atoms with Crippen molar-refractivity contribution in [3.8, 4) is 22.3 Å². The van der Waals surface area contributed by atoms with Gasteiger partial charge in [0.2, 0.25) is 0 Å². The Morgan fingerprint density at radius 2 is 1.10 bits per heavy atom. The van der Waals surface area contributed by atoms with Crippen LogP contribution in [0.3, 0.4) is 0 Å². The van der Waals surface area contributed by atoms with Crippen LogP contribution in [0.25, 0.3) is 66.7 Å². The fourth-order valence-electron chi connectivity index (χ4n) is 8.81. The van der Waals surface area contributed by atoms with Gasteiger partial charge in [0, 0.05) is 27.8 Å². The van der Waals surface area contributed by atoms with Gasteiger partial charge in [0.25, 0.3) is 0 Å². The van der Waals surface area contributed by atoms with Crippen LogP contribution in [0.4, 0.5) is 0 Å². The van der Waals surface area contributed by atoms with Crippen LogP contribution in [0.15, 0.2) is 164 Å². The third kappa shape index (κ3) is 6.08. The van der Waals surface area contributed by atoms with Crippen LogP contribution >= 0.6 is 0 Å². The van der Waals surface area contributed by atoms with Gasteiger partial charge in [0.15, 0.2) is 18.8 Å². The molecule has 8 aromatic rings. The molecule has 59 heavy (non-hydrogen) atoms. The van der Waals surface area contributed by atoms with Gasteiger partial charge in [-0.15, -0.1) is 0 Å². The van der Waals surface area contributed by atoms with Crippen LogP contribution in [-0.4, -0.2) is 24.5 Å². The summed E-state index contributed by atoms with van der Waals surface area (Å²) < 4.78 is 17.6. The number of carbonyl (C=O) groups is 3. The monoisotopic (exact) mass is 768 g/mol. The van der Waals surface area contributed by atoms with Crippen molar-refractivity contribution < 1.29 is 28.6 Å². The standard InChI is InChI=1S/C53H36O6/c1-31(2)52(55)57-30-46(54)58-50-42-20-8-6-18-40(42)48-35(27-26-34-14-11-23-45(50)49(34)48)25-24-32-28-29-43(37-16-4-3-15-36(32)37)53(56)59-51-41-19-7-5-17-38(41)39-21-9-12-33-13-10-22-44(51)47(33)39/h3-29,50-51H,1,30H2,2H3/b25-24+. The summed E-state index contributed by atoms with van der Waals surface area (Å²) in [6.07, 6.45) is 2.93. The molecule has 0 aromatic heterocycles. The highest BCUT2D eigenvalue weighted by molar-refractivity contribution is 6.10. The first-order valence-electron chi connectivity index (χ1n) is 19.5. The topological polar surface area (TPSA) is 78.9 Å². The number of ether oxygens (including phenoxy) is 3. The maximum atomic E-state index is 14.3. The fourth-order valence-corrected chi connectivity index (χ4v) is 8.81. The third-order valence-corrected chi connectivity index (χ3v) is 11.4. The molecule has 8 aromatic carbocycles. The zero-order valence-corrected chi connectivity index (χ0v) is 32.1. The van der Waals surface area contributed by atoms with E-state index in [4.69, 9.17) is 14.2 Å². The van der Waals surface area contributed by atoms with Gasteiger partial charge in [-0.3, -0.25) is 0 Å². The lowest BCUT2D eigenvalue weighted by Gasteiger charge is -2.29. The minimum atomic E-state index is -0.696. The van der Waals surface area contributed by atoms with E-state index in [2.05, 4.69) is 67.3 Å². The Bertz CT molecular complexity index is 3110. The molecule has 0 spiro atoms. The smallest absolute Gasteiger partial charge is 0.345 e. The van der Waals surface area contributed by atoms with Gasteiger partial charge in [0.05, 0.1) is 5.56 Å². The van der Waals surface area contributed by atoms with Crippen molar-refractivity contribution in [2.45, 2.75) is 19.1 Å². The van der Waals surface area contributed by atoms with E-state index < -0.39 is 30.8 Å². The third-order valence-electron chi connectivity index (χ3n) is 11.4. The van der Waals surface area contributed by atoms with Crippen LogP contribution in [0.1, 0.15) is 62.9 Å². The highest BCUT2D eigenvalue weighted by Crippen LogP contribution is 2.49. The predicted molar refractivity (Wildman–Crippen MR) is 233 cm³/mol. The van der Waals surface area contributed by atoms with Crippen LogP contribution in [0, 0.1) is 0 Å². The van der Waals surface area contributed by atoms with E-state index in [9.17, 15) is 14.4 Å². The lowest BCUT2D eigenvalue weighted by molar-refractivity contribution is -0.159. The first-order chi connectivity index (χ1) is 28.9. The second-order valence-corrected chi connectivity index (χ2v) is 15.0. The summed E-state index contributed by atoms with van der Waals surface area (Å²) in [4.78, 5) is 39.3. The van der Waals surface area contributed by atoms with E-state index in [1.165, 1.54) is 6.92 Å². The zero-order valence-electron chi connectivity index (χ0n) is 32.1. The van der Waals surface area contributed by atoms with Gasteiger partial charge in [0.1, 0.15) is 0 Å². The van der Waals surface area contributed by atoms with Gasteiger partial charge in [-0.05, 0) is 78.7 Å². The second kappa shape index (κ2) is 14.4. The average Bonchev–Trinajstić information content (AvgIpc) is 3.27. The number of benzene rings is 8. The fraction of sp³-hybridized carbons (Fsp3) is 0.0755. The van der Waals surface area contributed by atoms with Crippen molar-refractivity contribution in [2.24, 2.45) is 0 Å². The molecular weight excluding hydrogens is 733 g/mol. The Hall–Kier alpha value is -7.57. The Labute approximate surface area is 340 Å². The van der Waals surface area contributed by atoms with Crippen LogP contribution in [0.5, 0.6) is 0 Å². The normalized spacial score (nSPS) is 14.8. The minimum Gasteiger partial charge on any atom is -0.450 e.